The number of aryl methyl sites for hydroxylation is 2. The van der Waals surface area contributed by atoms with Gasteiger partial charge in [-0.3, -0.25) is 4.79 Å². The van der Waals surface area contributed by atoms with Gasteiger partial charge in [-0.2, -0.15) is 0 Å². The predicted octanol–water partition coefficient (Wildman–Crippen LogP) is 4.46. The molecule has 4 rings (SSSR count). The van der Waals surface area contributed by atoms with Crippen molar-refractivity contribution >= 4 is 16.8 Å². The van der Waals surface area contributed by atoms with E-state index < -0.39 is 0 Å². The van der Waals surface area contributed by atoms with Crippen LogP contribution < -0.4 is 30.4 Å². The van der Waals surface area contributed by atoms with Crippen molar-refractivity contribution in [2.75, 3.05) is 19.8 Å². The van der Waals surface area contributed by atoms with Gasteiger partial charge in [-0.25, -0.2) is 10.9 Å². The van der Waals surface area contributed by atoms with E-state index in [0.29, 0.717) is 42.6 Å². The predicted molar refractivity (Wildman–Crippen MR) is 137 cm³/mol. The molecule has 1 amide bonds. The Balaban J connectivity index is 1.54. The van der Waals surface area contributed by atoms with Crippen LogP contribution in [0.1, 0.15) is 61.8 Å². The monoisotopic (exact) mass is 480 g/mol. The number of aromatic nitrogens is 1. The molecule has 2 heterocycles. The van der Waals surface area contributed by atoms with E-state index in [0.717, 1.165) is 13.0 Å². The summed E-state index contributed by atoms with van der Waals surface area (Å²) in [5.41, 5.74) is 10.9. The number of ether oxygens (including phenoxy) is 3. The summed E-state index contributed by atoms with van der Waals surface area (Å²) in [4.78, 5) is 13.2. The highest BCUT2D eigenvalue weighted by molar-refractivity contribution is 5.96. The number of carbonyl (C=O) groups is 1. The Hall–Kier alpha value is -3.23. The molecule has 0 saturated carbocycles. The fourth-order valence-corrected chi connectivity index (χ4v) is 4.88. The highest BCUT2D eigenvalue weighted by atomic mass is 16.5. The Kier molecular flexibility index (Phi) is 7.83. The van der Waals surface area contributed by atoms with E-state index in [-0.39, 0.29) is 18.1 Å². The van der Waals surface area contributed by atoms with Gasteiger partial charge in [0.25, 0.3) is 5.91 Å². The van der Waals surface area contributed by atoms with Crippen LogP contribution in [0.15, 0.2) is 36.4 Å². The molecule has 35 heavy (non-hydrogen) atoms. The molecule has 3 aromatic rings. The third kappa shape index (κ3) is 4.94. The number of benzene rings is 2. The summed E-state index contributed by atoms with van der Waals surface area (Å²) in [6.07, 6.45) is 0.490. The minimum absolute atomic E-state index is 0.0750. The Labute approximate surface area is 206 Å². The molecule has 8 heteroatoms. The zero-order valence-corrected chi connectivity index (χ0v) is 21.2. The van der Waals surface area contributed by atoms with E-state index in [1.807, 2.05) is 20.8 Å². The van der Waals surface area contributed by atoms with Gasteiger partial charge in [-0.05, 0) is 58.4 Å². The molecular formula is C27H36N4O4. The molecule has 1 aliphatic rings. The molecule has 188 valence electrons. The number of hydrogen-bond acceptors (Lipinski definition) is 6. The van der Waals surface area contributed by atoms with Crippen molar-refractivity contribution in [1.82, 2.24) is 20.7 Å². The van der Waals surface area contributed by atoms with Gasteiger partial charge < -0.3 is 24.1 Å². The maximum atomic E-state index is 13.2. The lowest BCUT2D eigenvalue weighted by Gasteiger charge is -2.18. The van der Waals surface area contributed by atoms with Gasteiger partial charge in [-0.1, -0.05) is 18.2 Å². The molecule has 3 N–H and O–H groups in total. The first kappa shape index (κ1) is 24.9. The van der Waals surface area contributed by atoms with Crippen LogP contribution in [0.5, 0.6) is 17.2 Å². The average molecular weight is 481 g/mol. The summed E-state index contributed by atoms with van der Waals surface area (Å²) >= 11 is 0. The van der Waals surface area contributed by atoms with Crippen LogP contribution in [0.4, 0.5) is 0 Å². The third-order valence-corrected chi connectivity index (χ3v) is 6.30. The van der Waals surface area contributed by atoms with Crippen molar-refractivity contribution in [2.24, 2.45) is 0 Å². The lowest BCUT2D eigenvalue weighted by molar-refractivity contribution is 0.0931. The van der Waals surface area contributed by atoms with E-state index in [9.17, 15) is 4.79 Å². The van der Waals surface area contributed by atoms with Crippen LogP contribution >= 0.6 is 0 Å². The molecule has 1 fully saturated rings. The van der Waals surface area contributed by atoms with Gasteiger partial charge in [0.05, 0.1) is 32.0 Å². The molecule has 0 bridgehead atoms. The number of nitrogens with one attached hydrogen (secondary N) is 3. The van der Waals surface area contributed by atoms with Gasteiger partial charge in [-0.15, -0.1) is 0 Å². The topological polar surface area (TPSA) is 85.8 Å². The fraction of sp³-hybridized carbons (Fsp3) is 0.444. The lowest BCUT2D eigenvalue weighted by Crippen LogP contribution is -2.44. The molecule has 1 aromatic heterocycles. The van der Waals surface area contributed by atoms with Gasteiger partial charge >= 0.3 is 0 Å². The second kappa shape index (κ2) is 11.0. The third-order valence-electron chi connectivity index (χ3n) is 6.30. The van der Waals surface area contributed by atoms with E-state index in [4.69, 9.17) is 14.2 Å². The molecule has 1 aliphatic heterocycles. The molecule has 2 atom stereocenters. The molecular weight excluding hydrogens is 444 g/mol. The average Bonchev–Trinajstić information content (AvgIpc) is 3.42. The SMILES string of the molecule is CCOc1cc(C(=O)NC2CC(c3c(C)c4ccccc4n3CC)NN2)cc(OCC)c1OCC. The lowest BCUT2D eigenvalue weighted by atomic mass is 10.0. The molecule has 8 nitrogen and oxygen atoms in total. The zero-order valence-electron chi connectivity index (χ0n) is 21.2. The first-order valence-electron chi connectivity index (χ1n) is 12.5. The summed E-state index contributed by atoms with van der Waals surface area (Å²) in [7, 11) is 0. The van der Waals surface area contributed by atoms with E-state index >= 15 is 0 Å². The van der Waals surface area contributed by atoms with Crippen LogP contribution in [0.3, 0.4) is 0 Å². The molecule has 2 unspecified atom stereocenters. The molecule has 2 aromatic carbocycles. The van der Waals surface area contributed by atoms with Gasteiger partial charge in [0.15, 0.2) is 11.5 Å². The Morgan fingerprint density at radius 1 is 1.00 bits per heavy atom. The van der Waals surface area contributed by atoms with Gasteiger partial charge in [0, 0.05) is 35.1 Å². The largest absolute Gasteiger partial charge is 0.490 e. The van der Waals surface area contributed by atoms with Gasteiger partial charge in [0.2, 0.25) is 5.75 Å². The fourth-order valence-electron chi connectivity index (χ4n) is 4.88. The highest BCUT2D eigenvalue weighted by Gasteiger charge is 2.31. The molecule has 0 radical (unpaired) electrons. The maximum absolute atomic E-state index is 13.2. The molecule has 0 spiro atoms. The van der Waals surface area contributed by atoms with Crippen molar-refractivity contribution in [3.8, 4) is 17.2 Å². The Morgan fingerprint density at radius 2 is 1.66 bits per heavy atom. The smallest absolute Gasteiger partial charge is 0.252 e. The minimum Gasteiger partial charge on any atom is -0.490 e. The number of fused-ring (bicyclic) bond motifs is 1. The summed E-state index contributed by atoms with van der Waals surface area (Å²) in [6, 6.07) is 12.0. The number of hydrazine groups is 1. The molecule has 0 aliphatic carbocycles. The number of nitrogens with zero attached hydrogens (tertiary/aromatic N) is 1. The van der Waals surface area contributed by atoms with Crippen molar-refractivity contribution in [3.05, 3.63) is 53.2 Å². The second-order valence-corrected chi connectivity index (χ2v) is 8.48. The standard InChI is InChI=1S/C27H36N4O4/c1-6-31-21-13-11-10-12-19(21)17(5)25(31)20-16-24(30-29-20)28-27(32)18-14-22(33-7-2)26(35-9-4)23(15-18)34-8-3/h10-15,20,24,29-30H,6-9,16H2,1-5H3,(H,28,32). The van der Waals surface area contributed by atoms with Crippen molar-refractivity contribution < 1.29 is 19.0 Å². The van der Waals surface area contributed by atoms with Crippen LogP contribution in [0, 0.1) is 6.92 Å². The van der Waals surface area contributed by atoms with Gasteiger partial charge in [0.1, 0.15) is 0 Å². The Bertz CT molecular complexity index is 1160. The van der Waals surface area contributed by atoms with Crippen LogP contribution in [0.2, 0.25) is 0 Å². The van der Waals surface area contributed by atoms with Crippen LogP contribution in [-0.4, -0.2) is 36.5 Å². The van der Waals surface area contributed by atoms with Crippen LogP contribution in [-0.2, 0) is 6.54 Å². The summed E-state index contributed by atoms with van der Waals surface area (Å²) in [6.45, 7) is 12.3. The van der Waals surface area contributed by atoms with Crippen molar-refractivity contribution in [1.29, 1.82) is 0 Å². The van der Waals surface area contributed by atoms with E-state index in [1.54, 1.807) is 12.1 Å². The number of amides is 1. The molecule has 1 saturated heterocycles. The van der Waals surface area contributed by atoms with Crippen LogP contribution in [0.25, 0.3) is 10.9 Å². The van der Waals surface area contributed by atoms with Crippen molar-refractivity contribution in [2.45, 2.75) is 59.8 Å². The number of rotatable bonds is 10. The number of carbonyl (C=O) groups excluding carboxylic acids is 1. The first-order valence-corrected chi connectivity index (χ1v) is 12.5. The highest BCUT2D eigenvalue weighted by Crippen LogP contribution is 2.39. The Morgan fingerprint density at radius 3 is 2.29 bits per heavy atom. The number of para-hydroxylation sites is 1. The van der Waals surface area contributed by atoms with E-state index in [1.165, 1.54) is 22.2 Å². The van der Waals surface area contributed by atoms with E-state index in [2.05, 4.69) is 58.8 Å². The van der Waals surface area contributed by atoms with Crippen molar-refractivity contribution in [3.63, 3.8) is 0 Å². The first-order chi connectivity index (χ1) is 17.0. The zero-order chi connectivity index (χ0) is 24.9. The summed E-state index contributed by atoms with van der Waals surface area (Å²) in [5, 5.41) is 4.37. The summed E-state index contributed by atoms with van der Waals surface area (Å²) in [5.74, 6) is 1.33. The number of hydrogen-bond donors (Lipinski definition) is 3. The second-order valence-electron chi connectivity index (χ2n) is 8.48. The summed E-state index contributed by atoms with van der Waals surface area (Å²) < 4.78 is 19.6. The maximum Gasteiger partial charge on any atom is 0.252 e. The normalized spacial score (nSPS) is 17.5. The minimum atomic E-state index is -0.229. The quantitative estimate of drug-likeness (QED) is 0.397.